The molecule has 34 heavy (non-hydrogen) atoms. The standard InChI is InChI=1S/C26H34N4O4/c1-30(18-24(31)29-23-14-15-27-19-28-23)16-8-13-22(17-30)34-25(32)26(33,20-9-4-2-5-10-20)21-11-6-3-7-12-21/h2,4-5,9-10,14-15,19,21-22,33H,3,6-8,11-13,16-18H2,1H3/p+1/t22?,26?,30-/m1/s1. The lowest BCUT2D eigenvalue weighted by Gasteiger charge is -2.42. The summed E-state index contributed by atoms with van der Waals surface area (Å²) in [6, 6.07) is 10.9. The first-order valence-corrected chi connectivity index (χ1v) is 12.3. The molecule has 1 amide bonds. The van der Waals surface area contributed by atoms with Crippen LogP contribution in [0.25, 0.3) is 0 Å². The van der Waals surface area contributed by atoms with Gasteiger partial charge in [-0.2, -0.15) is 0 Å². The smallest absolute Gasteiger partial charge is 0.343 e. The monoisotopic (exact) mass is 467 g/mol. The maximum atomic E-state index is 13.5. The molecule has 2 unspecified atom stereocenters. The second-order valence-corrected chi connectivity index (χ2v) is 9.96. The van der Waals surface area contributed by atoms with E-state index in [1.165, 1.54) is 6.33 Å². The number of piperidine rings is 1. The Balaban J connectivity index is 1.44. The zero-order valence-electron chi connectivity index (χ0n) is 19.9. The summed E-state index contributed by atoms with van der Waals surface area (Å²) in [5.41, 5.74) is -1.04. The van der Waals surface area contributed by atoms with Crippen molar-refractivity contribution in [1.29, 1.82) is 0 Å². The minimum Gasteiger partial charge on any atom is -0.454 e. The molecule has 1 aliphatic heterocycles. The summed E-state index contributed by atoms with van der Waals surface area (Å²) in [5.74, 6) is -0.392. The van der Waals surface area contributed by atoms with Crippen LogP contribution in [0.2, 0.25) is 0 Å². The molecule has 1 saturated carbocycles. The highest BCUT2D eigenvalue weighted by Gasteiger charge is 2.48. The molecule has 1 aromatic heterocycles. The van der Waals surface area contributed by atoms with Gasteiger partial charge in [0.15, 0.2) is 18.2 Å². The molecule has 182 valence electrons. The summed E-state index contributed by atoms with van der Waals surface area (Å²) in [5, 5.41) is 14.6. The van der Waals surface area contributed by atoms with E-state index in [0.717, 1.165) is 51.5 Å². The van der Waals surface area contributed by atoms with Gasteiger partial charge in [-0.05, 0) is 30.9 Å². The van der Waals surface area contributed by atoms with Crippen molar-refractivity contribution in [2.45, 2.75) is 56.7 Å². The molecule has 1 aliphatic carbocycles. The zero-order chi connectivity index (χ0) is 24.0. The van der Waals surface area contributed by atoms with Crippen molar-refractivity contribution in [2.24, 2.45) is 5.92 Å². The van der Waals surface area contributed by atoms with Crippen molar-refractivity contribution in [2.75, 3.05) is 32.0 Å². The highest BCUT2D eigenvalue weighted by molar-refractivity contribution is 5.90. The van der Waals surface area contributed by atoms with E-state index in [1.807, 2.05) is 37.4 Å². The predicted molar refractivity (Wildman–Crippen MR) is 127 cm³/mol. The number of benzene rings is 1. The van der Waals surface area contributed by atoms with Crippen molar-refractivity contribution >= 4 is 17.7 Å². The van der Waals surface area contributed by atoms with E-state index in [9.17, 15) is 14.7 Å². The lowest BCUT2D eigenvalue weighted by molar-refractivity contribution is -0.909. The van der Waals surface area contributed by atoms with Crippen LogP contribution in [0.1, 0.15) is 50.5 Å². The minimum atomic E-state index is -1.65. The van der Waals surface area contributed by atoms with Crippen molar-refractivity contribution in [1.82, 2.24) is 9.97 Å². The number of ether oxygens (including phenoxy) is 1. The Hall–Kier alpha value is -2.84. The number of aliphatic hydroxyl groups is 1. The van der Waals surface area contributed by atoms with Gasteiger partial charge in [-0.25, -0.2) is 14.8 Å². The van der Waals surface area contributed by atoms with Crippen LogP contribution in [0.3, 0.4) is 0 Å². The summed E-state index contributed by atoms with van der Waals surface area (Å²) < 4.78 is 6.46. The highest BCUT2D eigenvalue weighted by atomic mass is 16.6. The van der Waals surface area contributed by atoms with Crippen LogP contribution >= 0.6 is 0 Å². The third-order valence-electron chi connectivity index (χ3n) is 7.24. The number of likely N-dealkylation sites (tertiary alicyclic amines) is 1. The Morgan fingerprint density at radius 1 is 1.12 bits per heavy atom. The number of rotatable bonds is 7. The Kier molecular flexibility index (Phi) is 7.58. The van der Waals surface area contributed by atoms with Gasteiger partial charge in [-0.3, -0.25) is 4.79 Å². The Morgan fingerprint density at radius 3 is 2.59 bits per heavy atom. The van der Waals surface area contributed by atoms with Gasteiger partial charge in [0.25, 0.3) is 5.91 Å². The average Bonchev–Trinajstić information content (AvgIpc) is 2.85. The van der Waals surface area contributed by atoms with Gasteiger partial charge in [0.2, 0.25) is 0 Å². The second-order valence-electron chi connectivity index (χ2n) is 9.96. The summed E-state index contributed by atoms with van der Waals surface area (Å²) in [6.45, 7) is 1.60. The lowest BCUT2D eigenvalue weighted by atomic mass is 9.73. The van der Waals surface area contributed by atoms with Crippen LogP contribution in [-0.2, 0) is 19.9 Å². The first-order valence-electron chi connectivity index (χ1n) is 12.3. The molecule has 1 saturated heterocycles. The molecule has 2 aromatic rings. The molecule has 2 N–H and O–H groups in total. The molecule has 0 radical (unpaired) electrons. The van der Waals surface area contributed by atoms with Crippen LogP contribution < -0.4 is 5.32 Å². The fourth-order valence-corrected chi connectivity index (χ4v) is 5.48. The number of hydrogen-bond acceptors (Lipinski definition) is 6. The van der Waals surface area contributed by atoms with Crippen molar-refractivity contribution in [3.63, 3.8) is 0 Å². The largest absolute Gasteiger partial charge is 0.454 e. The number of hydrogen-bond donors (Lipinski definition) is 2. The molecule has 2 heterocycles. The van der Waals surface area contributed by atoms with Gasteiger partial charge in [-0.1, -0.05) is 49.6 Å². The van der Waals surface area contributed by atoms with E-state index in [1.54, 1.807) is 12.3 Å². The van der Waals surface area contributed by atoms with Crippen LogP contribution in [0.5, 0.6) is 0 Å². The number of amides is 1. The Bertz CT molecular complexity index is 967. The van der Waals surface area contributed by atoms with Gasteiger partial charge in [0.05, 0.1) is 13.6 Å². The molecule has 4 rings (SSSR count). The number of anilines is 1. The van der Waals surface area contributed by atoms with Gasteiger partial charge in [0, 0.05) is 18.5 Å². The summed E-state index contributed by atoms with van der Waals surface area (Å²) in [6.07, 6.45) is 8.94. The van der Waals surface area contributed by atoms with Crippen molar-refractivity contribution in [3.05, 3.63) is 54.5 Å². The molecule has 8 heteroatoms. The Labute approximate surface area is 201 Å². The molecular formula is C26H35N4O4+. The quantitative estimate of drug-likeness (QED) is 0.479. The molecule has 3 atom stereocenters. The van der Waals surface area contributed by atoms with E-state index < -0.39 is 11.6 Å². The molecule has 1 aromatic carbocycles. The highest BCUT2D eigenvalue weighted by Crippen LogP contribution is 2.41. The van der Waals surface area contributed by atoms with Gasteiger partial charge < -0.3 is 19.6 Å². The third-order valence-corrected chi connectivity index (χ3v) is 7.24. The maximum absolute atomic E-state index is 13.5. The second kappa shape index (κ2) is 10.6. The molecule has 8 nitrogen and oxygen atoms in total. The van der Waals surface area contributed by atoms with E-state index in [0.29, 0.717) is 22.4 Å². The first-order chi connectivity index (χ1) is 16.4. The number of nitrogens with zero attached hydrogens (tertiary/aromatic N) is 3. The summed E-state index contributed by atoms with van der Waals surface area (Å²) in [4.78, 5) is 34.1. The van der Waals surface area contributed by atoms with Crippen molar-refractivity contribution < 1.29 is 23.9 Å². The van der Waals surface area contributed by atoms with Gasteiger partial charge >= 0.3 is 5.97 Å². The number of esters is 1. The fraction of sp³-hybridized carbons (Fsp3) is 0.538. The van der Waals surface area contributed by atoms with Gasteiger partial charge in [0.1, 0.15) is 18.7 Å². The number of likely N-dealkylation sites (N-methyl/N-ethyl adjacent to an activating group) is 1. The average molecular weight is 468 g/mol. The van der Waals surface area contributed by atoms with Crippen LogP contribution in [0.15, 0.2) is 48.9 Å². The Morgan fingerprint density at radius 2 is 1.88 bits per heavy atom. The minimum absolute atomic E-state index is 0.142. The van der Waals surface area contributed by atoms with Crippen LogP contribution in [0.4, 0.5) is 5.82 Å². The van der Waals surface area contributed by atoms with E-state index in [-0.39, 0.29) is 24.5 Å². The molecule has 0 bridgehead atoms. The maximum Gasteiger partial charge on any atom is 0.343 e. The molecule has 2 aliphatic rings. The van der Waals surface area contributed by atoms with Crippen LogP contribution in [0, 0.1) is 5.92 Å². The lowest BCUT2D eigenvalue weighted by Crippen LogP contribution is -2.57. The summed E-state index contributed by atoms with van der Waals surface area (Å²) in [7, 11) is 2.00. The molecule has 0 spiro atoms. The normalized spacial score (nSPS) is 25.2. The number of aromatic nitrogens is 2. The van der Waals surface area contributed by atoms with E-state index in [2.05, 4.69) is 15.3 Å². The SMILES string of the molecule is C[N@@+]1(CC(=O)Nc2ccncn2)CCCC(OC(=O)C(O)(c2ccccc2)C2CCCCC2)C1. The van der Waals surface area contributed by atoms with Gasteiger partial charge in [-0.15, -0.1) is 0 Å². The number of carbonyl (C=O) groups is 2. The topological polar surface area (TPSA) is 101 Å². The fourth-order valence-electron chi connectivity index (χ4n) is 5.48. The number of nitrogens with one attached hydrogen (secondary N) is 1. The van der Waals surface area contributed by atoms with Crippen LogP contribution in [-0.4, -0.2) is 64.2 Å². The third kappa shape index (κ3) is 5.62. The summed E-state index contributed by atoms with van der Waals surface area (Å²) >= 11 is 0. The van der Waals surface area contributed by atoms with Crippen molar-refractivity contribution in [3.8, 4) is 0 Å². The predicted octanol–water partition coefficient (Wildman–Crippen LogP) is 3.04. The number of carbonyl (C=O) groups excluding carboxylic acids is 2. The zero-order valence-corrected chi connectivity index (χ0v) is 19.9. The molecule has 2 fully saturated rings. The van der Waals surface area contributed by atoms with E-state index >= 15 is 0 Å². The van der Waals surface area contributed by atoms with E-state index in [4.69, 9.17) is 4.74 Å². The molecular weight excluding hydrogens is 432 g/mol. The first kappa shape index (κ1) is 24.3. The number of quaternary nitrogens is 1.